The van der Waals surface area contributed by atoms with E-state index in [1.807, 2.05) is 13.8 Å². The van der Waals surface area contributed by atoms with Crippen molar-refractivity contribution in [3.8, 4) is 5.75 Å². The van der Waals surface area contributed by atoms with Gasteiger partial charge in [-0.15, -0.1) is 0 Å². The highest BCUT2D eigenvalue weighted by Crippen LogP contribution is 2.18. The molecule has 0 aliphatic carbocycles. The first-order valence-corrected chi connectivity index (χ1v) is 9.19. The van der Waals surface area contributed by atoms with Crippen molar-refractivity contribution in [2.75, 3.05) is 25.6 Å². The molecule has 2 aromatic carbocycles. The van der Waals surface area contributed by atoms with Crippen molar-refractivity contribution < 1.29 is 28.6 Å². The first kappa shape index (κ1) is 21.9. The summed E-state index contributed by atoms with van der Waals surface area (Å²) in [4.78, 5) is 36.0. The van der Waals surface area contributed by atoms with E-state index in [2.05, 4.69) is 10.1 Å². The normalized spacial score (nSPS) is 10.4. The molecule has 0 radical (unpaired) electrons. The first-order valence-electron chi connectivity index (χ1n) is 9.19. The standard InChI is InChI=1S/C22H25NO6/c1-14(2)12-28-18-7-5-6-16(10-18)22(26)29-13-20(24)23-19-11-17(21(25)27-4)9-8-15(19)3/h5-11,14H,12-13H2,1-4H3,(H,23,24). The third-order valence-electron chi connectivity index (χ3n) is 3.92. The predicted molar refractivity (Wildman–Crippen MR) is 108 cm³/mol. The second-order valence-corrected chi connectivity index (χ2v) is 6.88. The molecule has 0 bridgehead atoms. The minimum atomic E-state index is -0.629. The Balaban J connectivity index is 1.95. The van der Waals surface area contributed by atoms with Crippen LogP contribution in [0.1, 0.15) is 40.1 Å². The lowest BCUT2D eigenvalue weighted by Gasteiger charge is -2.11. The van der Waals surface area contributed by atoms with Gasteiger partial charge in [0.15, 0.2) is 6.61 Å². The van der Waals surface area contributed by atoms with Crippen LogP contribution >= 0.6 is 0 Å². The Morgan fingerprint density at radius 3 is 2.41 bits per heavy atom. The minimum absolute atomic E-state index is 0.294. The van der Waals surface area contributed by atoms with Gasteiger partial charge in [0.2, 0.25) is 0 Å². The van der Waals surface area contributed by atoms with Crippen LogP contribution in [-0.4, -0.2) is 38.2 Å². The van der Waals surface area contributed by atoms with Gasteiger partial charge in [-0.25, -0.2) is 9.59 Å². The lowest BCUT2D eigenvalue weighted by Crippen LogP contribution is -2.21. The highest BCUT2D eigenvalue weighted by molar-refractivity contribution is 5.97. The summed E-state index contributed by atoms with van der Waals surface area (Å²) in [5.74, 6) is -0.736. The van der Waals surface area contributed by atoms with Gasteiger partial charge in [-0.1, -0.05) is 26.0 Å². The number of nitrogens with one attached hydrogen (secondary N) is 1. The number of carbonyl (C=O) groups excluding carboxylic acids is 3. The van der Waals surface area contributed by atoms with Crippen molar-refractivity contribution in [2.45, 2.75) is 20.8 Å². The van der Waals surface area contributed by atoms with Crippen molar-refractivity contribution >= 4 is 23.5 Å². The molecule has 154 valence electrons. The monoisotopic (exact) mass is 399 g/mol. The molecule has 0 aliphatic heterocycles. The van der Waals surface area contributed by atoms with Gasteiger partial charge in [-0.3, -0.25) is 4.79 Å². The summed E-state index contributed by atoms with van der Waals surface area (Å²) >= 11 is 0. The fraction of sp³-hybridized carbons (Fsp3) is 0.318. The number of rotatable bonds is 8. The number of hydrogen-bond acceptors (Lipinski definition) is 6. The maximum Gasteiger partial charge on any atom is 0.338 e. The molecule has 0 aliphatic rings. The summed E-state index contributed by atoms with van der Waals surface area (Å²) in [7, 11) is 1.28. The highest BCUT2D eigenvalue weighted by Gasteiger charge is 2.14. The number of anilines is 1. The SMILES string of the molecule is COC(=O)c1ccc(C)c(NC(=O)COC(=O)c2cccc(OCC(C)C)c2)c1. The topological polar surface area (TPSA) is 90.9 Å². The number of aryl methyl sites for hydroxylation is 1. The summed E-state index contributed by atoms with van der Waals surface area (Å²) in [6.07, 6.45) is 0. The lowest BCUT2D eigenvalue weighted by molar-refractivity contribution is -0.119. The number of carbonyl (C=O) groups is 3. The van der Waals surface area contributed by atoms with E-state index in [9.17, 15) is 14.4 Å². The molecule has 0 saturated carbocycles. The van der Waals surface area contributed by atoms with Gasteiger partial charge in [-0.05, 0) is 48.7 Å². The van der Waals surface area contributed by atoms with Crippen molar-refractivity contribution in [3.05, 3.63) is 59.2 Å². The molecule has 2 rings (SSSR count). The van der Waals surface area contributed by atoms with E-state index < -0.39 is 24.5 Å². The summed E-state index contributed by atoms with van der Waals surface area (Å²) < 4.78 is 15.3. The average Bonchev–Trinajstić information content (AvgIpc) is 2.71. The van der Waals surface area contributed by atoms with E-state index in [-0.39, 0.29) is 0 Å². The van der Waals surface area contributed by atoms with Gasteiger partial charge in [-0.2, -0.15) is 0 Å². The van der Waals surface area contributed by atoms with Crippen LogP contribution in [0.15, 0.2) is 42.5 Å². The number of esters is 2. The van der Waals surface area contributed by atoms with E-state index in [4.69, 9.17) is 9.47 Å². The number of benzene rings is 2. The Morgan fingerprint density at radius 1 is 1.00 bits per heavy atom. The molecule has 0 atom stereocenters. The van der Waals surface area contributed by atoms with Gasteiger partial charge >= 0.3 is 11.9 Å². The van der Waals surface area contributed by atoms with Gasteiger partial charge in [0.25, 0.3) is 5.91 Å². The summed E-state index contributed by atoms with van der Waals surface area (Å²) in [6, 6.07) is 11.4. The Labute approximate surface area is 170 Å². The van der Waals surface area contributed by atoms with E-state index in [1.54, 1.807) is 43.3 Å². The van der Waals surface area contributed by atoms with Crippen molar-refractivity contribution in [1.82, 2.24) is 0 Å². The minimum Gasteiger partial charge on any atom is -0.493 e. The van der Waals surface area contributed by atoms with Crippen molar-refractivity contribution in [2.24, 2.45) is 5.92 Å². The lowest BCUT2D eigenvalue weighted by atomic mass is 10.1. The predicted octanol–water partition coefficient (Wildman–Crippen LogP) is 3.61. The van der Waals surface area contributed by atoms with Crippen LogP contribution in [-0.2, 0) is 14.3 Å². The molecule has 2 aromatic rings. The smallest absolute Gasteiger partial charge is 0.338 e. The van der Waals surface area contributed by atoms with Crippen LogP contribution in [0.3, 0.4) is 0 Å². The second-order valence-electron chi connectivity index (χ2n) is 6.88. The zero-order chi connectivity index (χ0) is 21.4. The molecule has 0 spiro atoms. The summed E-state index contributed by atoms with van der Waals surface area (Å²) in [5, 5.41) is 2.63. The van der Waals surface area contributed by atoms with Crippen LogP contribution in [0.25, 0.3) is 0 Å². The highest BCUT2D eigenvalue weighted by atomic mass is 16.5. The second kappa shape index (κ2) is 10.3. The Kier molecular flexibility index (Phi) is 7.77. The Bertz CT molecular complexity index is 891. The zero-order valence-electron chi connectivity index (χ0n) is 17.0. The van der Waals surface area contributed by atoms with Gasteiger partial charge in [0, 0.05) is 5.69 Å². The molecule has 0 heterocycles. The van der Waals surface area contributed by atoms with E-state index in [0.717, 1.165) is 5.56 Å². The fourth-order valence-corrected chi connectivity index (χ4v) is 2.38. The maximum atomic E-state index is 12.2. The third-order valence-corrected chi connectivity index (χ3v) is 3.92. The van der Waals surface area contributed by atoms with Crippen LogP contribution < -0.4 is 10.1 Å². The van der Waals surface area contributed by atoms with Crippen LogP contribution in [0, 0.1) is 12.8 Å². The third kappa shape index (κ3) is 6.64. The molecule has 0 aromatic heterocycles. The van der Waals surface area contributed by atoms with Crippen LogP contribution in [0.5, 0.6) is 5.75 Å². The number of amides is 1. The molecule has 0 saturated heterocycles. The molecule has 7 nitrogen and oxygen atoms in total. The van der Waals surface area contributed by atoms with Gasteiger partial charge in [0.05, 0.1) is 24.8 Å². The molecule has 29 heavy (non-hydrogen) atoms. The largest absolute Gasteiger partial charge is 0.493 e. The molecular formula is C22H25NO6. The molecule has 0 unspecified atom stereocenters. The molecular weight excluding hydrogens is 374 g/mol. The van der Waals surface area contributed by atoms with Crippen molar-refractivity contribution in [3.63, 3.8) is 0 Å². The maximum absolute atomic E-state index is 12.2. The van der Waals surface area contributed by atoms with E-state index in [0.29, 0.717) is 35.1 Å². The van der Waals surface area contributed by atoms with Crippen LogP contribution in [0.4, 0.5) is 5.69 Å². The number of hydrogen-bond donors (Lipinski definition) is 1. The van der Waals surface area contributed by atoms with Crippen molar-refractivity contribution in [1.29, 1.82) is 0 Å². The van der Waals surface area contributed by atoms with Gasteiger partial charge < -0.3 is 19.5 Å². The quantitative estimate of drug-likeness (QED) is 0.682. The Hall–Kier alpha value is -3.35. The van der Waals surface area contributed by atoms with E-state index in [1.165, 1.54) is 13.2 Å². The first-order chi connectivity index (χ1) is 13.8. The molecule has 0 fully saturated rings. The molecule has 7 heteroatoms. The zero-order valence-corrected chi connectivity index (χ0v) is 17.0. The molecule has 1 amide bonds. The molecule has 1 N–H and O–H groups in total. The Morgan fingerprint density at radius 2 is 1.72 bits per heavy atom. The van der Waals surface area contributed by atoms with Crippen LogP contribution in [0.2, 0.25) is 0 Å². The van der Waals surface area contributed by atoms with E-state index >= 15 is 0 Å². The number of ether oxygens (including phenoxy) is 3. The van der Waals surface area contributed by atoms with Gasteiger partial charge in [0.1, 0.15) is 5.75 Å². The summed E-state index contributed by atoms with van der Waals surface area (Å²) in [5.41, 5.74) is 1.80. The average molecular weight is 399 g/mol. The number of methoxy groups -OCH3 is 1. The summed E-state index contributed by atoms with van der Waals surface area (Å²) in [6.45, 7) is 5.91. The fourth-order valence-electron chi connectivity index (χ4n) is 2.38.